The van der Waals surface area contributed by atoms with Gasteiger partial charge in [0, 0.05) is 11.7 Å². The quantitative estimate of drug-likeness (QED) is 0.762. The lowest BCUT2D eigenvalue weighted by molar-refractivity contribution is -0.120. The van der Waals surface area contributed by atoms with Crippen molar-refractivity contribution in [1.29, 1.82) is 0 Å². The van der Waals surface area contributed by atoms with Crippen LogP contribution >= 0.6 is 11.8 Å². The van der Waals surface area contributed by atoms with Crippen LogP contribution in [0.3, 0.4) is 0 Å². The first-order chi connectivity index (χ1) is 6.77. The van der Waals surface area contributed by atoms with Crippen molar-refractivity contribution in [2.45, 2.75) is 38.2 Å². The van der Waals surface area contributed by atoms with Crippen LogP contribution in [0.15, 0.2) is 0 Å². The normalized spacial score (nSPS) is 38.9. The fourth-order valence-electron chi connectivity index (χ4n) is 2.54. The molecule has 0 aromatic carbocycles. The maximum absolute atomic E-state index is 11.5. The van der Waals surface area contributed by atoms with E-state index in [0.717, 1.165) is 31.4 Å². The first-order valence-corrected chi connectivity index (χ1v) is 6.71. The van der Waals surface area contributed by atoms with E-state index in [0.29, 0.717) is 17.5 Å². The van der Waals surface area contributed by atoms with E-state index in [2.05, 4.69) is 0 Å². The Morgan fingerprint density at radius 3 is 2.79 bits per heavy atom. The van der Waals surface area contributed by atoms with Crippen LogP contribution in [0.2, 0.25) is 0 Å². The highest BCUT2D eigenvalue weighted by Crippen LogP contribution is 2.33. The van der Waals surface area contributed by atoms with E-state index in [1.54, 1.807) is 11.8 Å². The van der Waals surface area contributed by atoms with Crippen molar-refractivity contribution in [1.82, 2.24) is 0 Å². The molecule has 3 atom stereocenters. The smallest absolute Gasteiger partial charge is 0.146 e. The van der Waals surface area contributed by atoms with E-state index >= 15 is 0 Å². The zero-order chi connectivity index (χ0) is 9.97. The fraction of sp³-hybridized carbons (Fsp3) is 0.909. The van der Waals surface area contributed by atoms with Crippen molar-refractivity contribution < 1.29 is 9.90 Å². The Labute approximate surface area is 89.5 Å². The first-order valence-electron chi connectivity index (χ1n) is 5.56. The molecule has 1 N–H and O–H groups in total. The van der Waals surface area contributed by atoms with Crippen LogP contribution in [0.25, 0.3) is 0 Å². The van der Waals surface area contributed by atoms with Crippen LogP contribution in [0.1, 0.15) is 32.1 Å². The molecule has 1 aliphatic carbocycles. The maximum Gasteiger partial charge on any atom is 0.146 e. The number of aliphatic hydroxyl groups excluding tert-OH is 1. The van der Waals surface area contributed by atoms with Gasteiger partial charge in [-0.15, -0.1) is 0 Å². The molecule has 80 valence electrons. The highest BCUT2D eigenvalue weighted by Gasteiger charge is 2.31. The van der Waals surface area contributed by atoms with Crippen LogP contribution in [-0.4, -0.2) is 28.5 Å². The van der Waals surface area contributed by atoms with Gasteiger partial charge in [-0.05, 0) is 25.2 Å². The van der Waals surface area contributed by atoms with Crippen molar-refractivity contribution in [3.8, 4) is 0 Å². The lowest BCUT2D eigenvalue weighted by atomic mass is 9.80. The predicted octanol–water partition coefficient (Wildman–Crippen LogP) is 1.86. The van der Waals surface area contributed by atoms with Gasteiger partial charge in [-0.2, -0.15) is 11.8 Å². The average molecular weight is 214 g/mol. The Morgan fingerprint density at radius 2 is 2.14 bits per heavy atom. The summed E-state index contributed by atoms with van der Waals surface area (Å²) in [6.45, 7) is 0. The predicted molar refractivity (Wildman–Crippen MR) is 58.4 cm³/mol. The number of carbonyl (C=O) groups excluding carboxylic acids is 1. The van der Waals surface area contributed by atoms with Crippen molar-refractivity contribution in [3.63, 3.8) is 0 Å². The number of ketones is 1. The second-order valence-corrected chi connectivity index (χ2v) is 5.56. The molecule has 1 heterocycles. The summed E-state index contributed by atoms with van der Waals surface area (Å²) in [6, 6.07) is 0. The molecule has 1 saturated carbocycles. The molecule has 3 unspecified atom stereocenters. The summed E-state index contributed by atoms with van der Waals surface area (Å²) in [6.07, 6.45) is 5.25. The molecule has 1 saturated heterocycles. The Morgan fingerprint density at radius 1 is 1.36 bits per heavy atom. The summed E-state index contributed by atoms with van der Waals surface area (Å²) in [5.74, 6) is 2.75. The fourth-order valence-corrected chi connectivity index (χ4v) is 3.70. The molecule has 0 aromatic rings. The first kappa shape index (κ1) is 10.5. The van der Waals surface area contributed by atoms with E-state index in [1.165, 1.54) is 6.42 Å². The van der Waals surface area contributed by atoms with Gasteiger partial charge < -0.3 is 5.11 Å². The van der Waals surface area contributed by atoms with Crippen molar-refractivity contribution in [2.24, 2.45) is 11.8 Å². The Bertz CT molecular complexity index is 217. The summed E-state index contributed by atoms with van der Waals surface area (Å²) in [5.41, 5.74) is 0. The number of hydrogen-bond acceptors (Lipinski definition) is 3. The molecule has 14 heavy (non-hydrogen) atoms. The second kappa shape index (κ2) is 4.67. The van der Waals surface area contributed by atoms with Crippen LogP contribution in [0.5, 0.6) is 0 Å². The number of hydrogen-bond donors (Lipinski definition) is 1. The topological polar surface area (TPSA) is 37.3 Å². The largest absolute Gasteiger partial charge is 0.393 e. The third-order valence-electron chi connectivity index (χ3n) is 3.47. The molecular formula is C11H18O2S. The van der Waals surface area contributed by atoms with Gasteiger partial charge in [-0.3, -0.25) is 4.79 Å². The van der Waals surface area contributed by atoms with Crippen molar-refractivity contribution >= 4 is 17.5 Å². The van der Waals surface area contributed by atoms with Crippen LogP contribution in [0, 0.1) is 11.8 Å². The number of rotatable bonds is 2. The molecule has 2 fully saturated rings. The van der Waals surface area contributed by atoms with Gasteiger partial charge in [0.25, 0.3) is 0 Å². The van der Waals surface area contributed by atoms with Gasteiger partial charge in [0.1, 0.15) is 5.78 Å². The minimum atomic E-state index is -0.137. The number of thioether (sulfide) groups is 1. The molecule has 0 aromatic heterocycles. The van der Waals surface area contributed by atoms with Crippen LogP contribution in [-0.2, 0) is 4.79 Å². The van der Waals surface area contributed by atoms with Crippen LogP contribution in [0.4, 0.5) is 0 Å². The Kier molecular flexibility index (Phi) is 3.50. The molecule has 3 heteroatoms. The molecule has 0 radical (unpaired) electrons. The number of Topliss-reactive ketones (excluding diaryl/α,β-unsaturated/α-hetero) is 1. The molecule has 2 aliphatic rings. The van der Waals surface area contributed by atoms with Crippen molar-refractivity contribution in [2.75, 3.05) is 11.5 Å². The number of aliphatic hydroxyl groups is 1. The molecule has 0 bridgehead atoms. The van der Waals surface area contributed by atoms with Gasteiger partial charge in [-0.1, -0.05) is 12.8 Å². The van der Waals surface area contributed by atoms with Gasteiger partial charge in [-0.25, -0.2) is 0 Å². The van der Waals surface area contributed by atoms with E-state index in [4.69, 9.17) is 0 Å². The monoisotopic (exact) mass is 214 g/mol. The van der Waals surface area contributed by atoms with E-state index < -0.39 is 0 Å². The zero-order valence-electron chi connectivity index (χ0n) is 8.45. The molecule has 2 nitrogen and oxygen atoms in total. The summed E-state index contributed by atoms with van der Waals surface area (Å²) in [5, 5.41) is 9.80. The van der Waals surface area contributed by atoms with Crippen LogP contribution < -0.4 is 0 Å². The van der Waals surface area contributed by atoms with Gasteiger partial charge in [0.15, 0.2) is 0 Å². The minimum absolute atomic E-state index is 0.137. The average Bonchev–Trinajstić information content (AvgIpc) is 2.56. The lowest BCUT2D eigenvalue weighted by Crippen LogP contribution is -2.28. The zero-order valence-corrected chi connectivity index (χ0v) is 9.26. The highest BCUT2D eigenvalue weighted by atomic mass is 32.2. The molecule has 2 rings (SSSR count). The third-order valence-corrected chi connectivity index (χ3v) is 4.60. The summed E-state index contributed by atoms with van der Waals surface area (Å²) >= 11 is 1.75. The highest BCUT2D eigenvalue weighted by molar-refractivity contribution is 8.00. The summed E-state index contributed by atoms with van der Waals surface area (Å²) in [4.78, 5) is 11.5. The third kappa shape index (κ3) is 2.31. The lowest BCUT2D eigenvalue weighted by Gasteiger charge is -2.28. The van der Waals surface area contributed by atoms with Gasteiger partial charge in [0.2, 0.25) is 0 Å². The summed E-state index contributed by atoms with van der Waals surface area (Å²) in [7, 11) is 0. The number of carbonyl (C=O) groups is 1. The SMILES string of the molecule is O=C1CSCC1CC1CCCCC1O. The Balaban J connectivity index is 1.86. The van der Waals surface area contributed by atoms with Gasteiger partial charge >= 0.3 is 0 Å². The van der Waals surface area contributed by atoms with E-state index in [-0.39, 0.29) is 12.0 Å². The van der Waals surface area contributed by atoms with E-state index in [9.17, 15) is 9.90 Å². The van der Waals surface area contributed by atoms with Gasteiger partial charge in [0.05, 0.1) is 11.9 Å². The molecular weight excluding hydrogens is 196 g/mol. The molecule has 0 spiro atoms. The van der Waals surface area contributed by atoms with E-state index in [1.807, 2.05) is 0 Å². The second-order valence-electron chi connectivity index (χ2n) is 4.53. The standard InChI is InChI=1S/C11H18O2S/c12-10-4-2-1-3-8(10)5-9-6-14-7-11(9)13/h8-10,12H,1-7H2. The molecule has 1 aliphatic heterocycles. The summed E-state index contributed by atoms with van der Waals surface area (Å²) < 4.78 is 0. The van der Waals surface area contributed by atoms with Crippen molar-refractivity contribution in [3.05, 3.63) is 0 Å². The maximum atomic E-state index is 11.5. The molecule has 0 amide bonds. The minimum Gasteiger partial charge on any atom is -0.393 e. The Hall–Kier alpha value is -0.0200.